The molecule has 1 aliphatic carbocycles. The molecule has 0 saturated heterocycles. The molecule has 0 radical (unpaired) electrons. The van der Waals surface area contributed by atoms with Crippen LogP contribution in [0.2, 0.25) is 0 Å². The molecular formula is C16H32O4. The van der Waals surface area contributed by atoms with Crippen LogP contribution in [0.15, 0.2) is 0 Å². The van der Waals surface area contributed by atoms with E-state index in [1.165, 1.54) is 6.42 Å². The van der Waals surface area contributed by atoms with E-state index in [0.29, 0.717) is 5.92 Å². The van der Waals surface area contributed by atoms with E-state index in [1.807, 2.05) is 41.5 Å². The molecule has 1 atom stereocenters. The van der Waals surface area contributed by atoms with Gasteiger partial charge in [-0.15, -0.1) is 0 Å². The van der Waals surface area contributed by atoms with Gasteiger partial charge in [-0.2, -0.15) is 9.78 Å². The van der Waals surface area contributed by atoms with Crippen LogP contribution in [0.1, 0.15) is 80.6 Å². The first kappa shape index (κ1) is 17.9. The largest absolute Gasteiger partial charge is 0.236 e. The van der Waals surface area contributed by atoms with Crippen LogP contribution in [-0.4, -0.2) is 17.0 Å². The Hall–Kier alpha value is -0.160. The minimum Gasteiger partial charge on any atom is -0.228 e. The third-order valence-electron chi connectivity index (χ3n) is 3.31. The molecule has 4 heteroatoms. The third kappa shape index (κ3) is 5.68. The molecule has 0 aromatic rings. The van der Waals surface area contributed by atoms with Crippen LogP contribution in [-0.2, 0) is 19.6 Å². The first-order valence-corrected chi connectivity index (χ1v) is 7.82. The smallest absolute Gasteiger partial charge is 0.228 e. The van der Waals surface area contributed by atoms with Gasteiger partial charge in [0.15, 0.2) is 0 Å². The maximum Gasteiger partial charge on any atom is 0.236 e. The summed E-state index contributed by atoms with van der Waals surface area (Å²) in [4.78, 5) is 22.7. The first-order chi connectivity index (χ1) is 9.08. The van der Waals surface area contributed by atoms with Gasteiger partial charge in [-0.05, 0) is 60.8 Å². The fourth-order valence-electron chi connectivity index (χ4n) is 2.33. The molecule has 0 aromatic carbocycles. The van der Waals surface area contributed by atoms with E-state index in [4.69, 9.17) is 19.6 Å². The van der Waals surface area contributed by atoms with E-state index in [9.17, 15) is 0 Å². The van der Waals surface area contributed by atoms with E-state index < -0.39 is 5.79 Å². The first-order valence-electron chi connectivity index (χ1n) is 7.82. The van der Waals surface area contributed by atoms with Crippen molar-refractivity contribution < 1.29 is 19.6 Å². The van der Waals surface area contributed by atoms with Gasteiger partial charge in [0.05, 0.1) is 11.2 Å². The Labute approximate surface area is 124 Å². The van der Waals surface area contributed by atoms with Gasteiger partial charge >= 0.3 is 0 Å². The van der Waals surface area contributed by atoms with Gasteiger partial charge in [-0.3, -0.25) is 0 Å². The molecule has 120 valence electrons. The molecule has 0 spiro atoms. The van der Waals surface area contributed by atoms with Gasteiger partial charge in [-0.1, -0.05) is 13.3 Å². The summed E-state index contributed by atoms with van der Waals surface area (Å²) < 4.78 is 0. The highest BCUT2D eigenvalue weighted by Crippen LogP contribution is 2.41. The van der Waals surface area contributed by atoms with Crippen LogP contribution >= 0.6 is 0 Å². The Morgan fingerprint density at radius 1 is 0.900 bits per heavy atom. The zero-order chi connectivity index (χ0) is 15.4. The van der Waals surface area contributed by atoms with Crippen molar-refractivity contribution in [1.29, 1.82) is 0 Å². The molecule has 1 saturated carbocycles. The topological polar surface area (TPSA) is 36.9 Å². The van der Waals surface area contributed by atoms with E-state index in [2.05, 4.69) is 6.92 Å². The van der Waals surface area contributed by atoms with Crippen LogP contribution in [0, 0.1) is 5.92 Å². The van der Waals surface area contributed by atoms with E-state index >= 15 is 0 Å². The summed E-state index contributed by atoms with van der Waals surface area (Å²) in [6, 6.07) is 0. The Morgan fingerprint density at radius 2 is 1.40 bits per heavy atom. The number of hydrogen-bond donors (Lipinski definition) is 0. The highest BCUT2D eigenvalue weighted by Gasteiger charge is 2.46. The average Bonchev–Trinajstić information content (AvgIpc) is 2.33. The second kappa shape index (κ2) is 6.73. The van der Waals surface area contributed by atoms with E-state index in [1.54, 1.807) is 0 Å². The van der Waals surface area contributed by atoms with Crippen molar-refractivity contribution in [2.24, 2.45) is 5.92 Å². The summed E-state index contributed by atoms with van der Waals surface area (Å²) in [6.45, 7) is 14.0. The van der Waals surface area contributed by atoms with Crippen molar-refractivity contribution in [3.63, 3.8) is 0 Å². The fourth-order valence-corrected chi connectivity index (χ4v) is 2.33. The van der Waals surface area contributed by atoms with Crippen molar-refractivity contribution in [3.8, 4) is 0 Å². The second-order valence-electron chi connectivity index (χ2n) is 7.72. The normalized spacial score (nSPS) is 23.9. The van der Waals surface area contributed by atoms with Gasteiger partial charge in [-0.25, -0.2) is 9.78 Å². The van der Waals surface area contributed by atoms with Crippen LogP contribution in [0.25, 0.3) is 0 Å². The molecule has 4 nitrogen and oxygen atoms in total. The van der Waals surface area contributed by atoms with Crippen LogP contribution in [0.3, 0.4) is 0 Å². The fraction of sp³-hybridized carbons (Fsp3) is 1.00. The maximum atomic E-state index is 5.79. The highest BCUT2D eigenvalue weighted by molar-refractivity contribution is 4.82. The van der Waals surface area contributed by atoms with Crippen LogP contribution in [0.4, 0.5) is 0 Å². The maximum absolute atomic E-state index is 5.79. The second-order valence-corrected chi connectivity index (χ2v) is 7.72. The minimum absolute atomic E-state index is 0.293. The number of rotatable bonds is 5. The van der Waals surface area contributed by atoms with E-state index in [-0.39, 0.29) is 11.2 Å². The molecule has 1 aliphatic rings. The summed E-state index contributed by atoms with van der Waals surface area (Å²) in [5, 5.41) is 0. The Balaban J connectivity index is 2.80. The lowest BCUT2D eigenvalue weighted by Gasteiger charge is -2.42. The summed E-state index contributed by atoms with van der Waals surface area (Å²) in [6.07, 6.45) is 5.14. The summed E-state index contributed by atoms with van der Waals surface area (Å²) in [5.74, 6) is -0.492. The van der Waals surface area contributed by atoms with Gasteiger partial charge < -0.3 is 0 Å². The molecule has 0 aliphatic heterocycles. The zero-order valence-electron chi connectivity index (χ0n) is 14.2. The van der Waals surface area contributed by atoms with Gasteiger partial charge in [0.25, 0.3) is 0 Å². The predicted molar refractivity (Wildman–Crippen MR) is 78.8 cm³/mol. The molecule has 0 N–H and O–H groups in total. The quantitative estimate of drug-likeness (QED) is 0.414. The van der Waals surface area contributed by atoms with Gasteiger partial charge in [0.1, 0.15) is 0 Å². The summed E-state index contributed by atoms with van der Waals surface area (Å²) >= 11 is 0. The van der Waals surface area contributed by atoms with Crippen molar-refractivity contribution in [2.45, 2.75) is 97.6 Å². The zero-order valence-corrected chi connectivity index (χ0v) is 14.2. The lowest BCUT2D eigenvalue weighted by molar-refractivity contribution is -0.556. The van der Waals surface area contributed by atoms with Crippen LogP contribution < -0.4 is 0 Å². The monoisotopic (exact) mass is 288 g/mol. The van der Waals surface area contributed by atoms with Gasteiger partial charge in [0, 0.05) is 12.3 Å². The SMILES string of the molecule is CCC1CCCCC1(OOC(C)(C)C)OOC(C)(C)C. The minimum atomic E-state index is -0.784. The Kier molecular flexibility index (Phi) is 6.02. The molecular weight excluding hydrogens is 256 g/mol. The van der Waals surface area contributed by atoms with Crippen molar-refractivity contribution in [1.82, 2.24) is 0 Å². The van der Waals surface area contributed by atoms with Crippen molar-refractivity contribution in [3.05, 3.63) is 0 Å². The molecule has 20 heavy (non-hydrogen) atoms. The molecule has 0 amide bonds. The molecule has 0 aromatic heterocycles. The molecule has 1 rings (SSSR count). The van der Waals surface area contributed by atoms with Crippen LogP contribution in [0.5, 0.6) is 0 Å². The van der Waals surface area contributed by atoms with Gasteiger partial charge in [0.2, 0.25) is 5.79 Å². The molecule has 0 heterocycles. The lowest BCUT2D eigenvalue weighted by atomic mass is 9.82. The summed E-state index contributed by atoms with van der Waals surface area (Å²) in [7, 11) is 0. The standard InChI is InChI=1S/C16H32O4/c1-8-13-11-9-10-12-16(13,19-17-14(2,3)4)20-18-15(5,6)7/h13H,8-12H2,1-7H3. The lowest BCUT2D eigenvalue weighted by Crippen LogP contribution is -2.48. The average molecular weight is 288 g/mol. The third-order valence-corrected chi connectivity index (χ3v) is 3.31. The summed E-state index contributed by atoms with van der Waals surface area (Å²) in [5.41, 5.74) is -0.734. The number of hydrogen-bond acceptors (Lipinski definition) is 4. The Bertz CT molecular complexity index is 270. The molecule has 1 unspecified atom stereocenters. The highest BCUT2D eigenvalue weighted by atomic mass is 17.3. The molecule has 0 bridgehead atoms. The predicted octanol–water partition coefficient (Wildman–Crippen LogP) is 4.78. The van der Waals surface area contributed by atoms with Crippen molar-refractivity contribution in [2.75, 3.05) is 0 Å². The van der Waals surface area contributed by atoms with E-state index in [0.717, 1.165) is 25.7 Å². The molecule has 1 fully saturated rings. The van der Waals surface area contributed by atoms with Crippen molar-refractivity contribution >= 4 is 0 Å². The Morgan fingerprint density at radius 3 is 1.80 bits per heavy atom.